The first-order valence-corrected chi connectivity index (χ1v) is 10.5. The van der Waals surface area contributed by atoms with Crippen molar-refractivity contribution in [3.05, 3.63) is 0 Å². The Bertz CT molecular complexity index is 231. The average Bonchev–Trinajstić information content (AvgIpc) is 2.57. The molecule has 0 aromatic carbocycles. The van der Waals surface area contributed by atoms with Gasteiger partial charge in [-0.3, -0.25) is 0 Å². The molecule has 0 heterocycles. The summed E-state index contributed by atoms with van der Waals surface area (Å²) in [5.41, 5.74) is 0. The number of hydrogen-bond acceptors (Lipinski definition) is 3. The summed E-state index contributed by atoms with van der Waals surface area (Å²) >= 11 is 0. The van der Waals surface area contributed by atoms with Gasteiger partial charge in [-0.2, -0.15) is 0 Å². The number of ether oxygens (including phenoxy) is 1. The maximum absolute atomic E-state index is 9.12. The van der Waals surface area contributed by atoms with E-state index in [4.69, 9.17) is 14.9 Å². The van der Waals surface area contributed by atoms with Gasteiger partial charge in [-0.05, 0) is 12.3 Å². The normalized spacial score (nSPS) is 12.9. The molecule has 0 saturated carbocycles. The fourth-order valence-corrected chi connectivity index (χ4v) is 2.97. The topological polar surface area (TPSA) is 49.7 Å². The summed E-state index contributed by atoms with van der Waals surface area (Å²) in [5, 5.41) is 17.8. The van der Waals surface area contributed by atoms with Gasteiger partial charge in [-0.15, -0.1) is 0 Å². The minimum Gasteiger partial charge on any atom is -0.394 e. The van der Waals surface area contributed by atoms with Gasteiger partial charge in [0.25, 0.3) is 0 Å². The van der Waals surface area contributed by atoms with Crippen molar-refractivity contribution in [1.29, 1.82) is 0 Å². The molecule has 146 valence electrons. The molecule has 3 heteroatoms. The van der Waals surface area contributed by atoms with Crippen molar-refractivity contribution in [3.63, 3.8) is 0 Å². The molecule has 0 aromatic rings. The maximum Gasteiger partial charge on any atom is 0.100 e. The lowest BCUT2D eigenvalue weighted by Crippen LogP contribution is -2.19. The summed E-state index contributed by atoms with van der Waals surface area (Å²) in [7, 11) is 0. The monoisotopic (exact) mass is 344 g/mol. The van der Waals surface area contributed by atoms with E-state index in [1.54, 1.807) is 0 Å². The van der Waals surface area contributed by atoms with Crippen molar-refractivity contribution in [1.82, 2.24) is 0 Å². The number of unbranched alkanes of at least 4 members (excludes halogenated alkanes) is 12. The SMILES string of the molecule is CC(C)CCCCCCCCCCCCCCCOCC(O)CO. The second-order valence-corrected chi connectivity index (χ2v) is 7.69. The molecular formula is C21H44O3. The van der Waals surface area contributed by atoms with E-state index in [1.165, 1.54) is 83.5 Å². The maximum atomic E-state index is 9.12. The summed E-state index contributed by atoms with van der Waals surface area (Å²) < 4.78 is 5.29. The van der Waals surface area contributed by atoms with Crippen LogP contribution >= 0.6 is 0 Å². The molecule has 0 saturated heterocycles. The standard InChI is InChI=1S/C21H44O3/c1-20(2)16-14-12-10-8-6-4-3-5-7-9-11-13-15-17-24-19-21(23)18-22/h20-23H,3-19H2,1-2H3. The van der Waals surface area contributed by atoms with Gasteiger partial charge in [0.05, 0.1) is 13.2 Å². The van der Waals surface area contributed by atoms with E-state index < -0.39 is 6.10 Å². The van der Waals surface area contributed by atoms with Gasteiger partial charge in [-0.1, -0.05) is 97.3 Å². The molecule has 0 bridgehead atoms. The first-order valence-electron chi connectivity index (χ1n) is 10.5. The molecule has 0 fully saturated rings. The Labute approximate surface area is 151 Å². The lowest BCUT2D eigenvalue weighted by molar-refractivity contribution is 0.00526. The molecule has 24 heavy (non-hydrogen) atoms. The van der Waals surface area contributed by atoms with E-state index in [0.717, 1.165) is 12.3 Å². The van der Waals surface area contributed by atoms with Crippen LogP contribution in [0.15, 0.2) is 0 Å². The highest BCUT2D eigenvalue weighted by atomic mass is 16.5. The molecule has 0 amide bonds. The number of aliphatic hydroxyl groups excluding tert-OH is 2. The number of rotatable bonds is 19. The third kappa shape index (κ3) is 19.9. The van der Waals surface area contributed by atoms with Gasteiger partial charge in [0.1, 0.15) is 6.10 Å². The number of hydrogen-bond donors (Lipinski definition) is 2. The van der Waals surface area contributed by atoms with Crippen LogP contribution in [-0.4, -0.2) is 36.1 Å². The fourth-order valence-electron chi connectivity index (χ4n) is 2.97. The molecule has 0 rings (SSSR count). The van der Waals surface area contributed by atoms with E-state index >= 15 is 0 Å². The lowest BCUT2D eigenvalue weighted by atomic mass is 10.0. The van der Waals surface area contributed by atoms with Crippen LogP contribution in [0, 0.1) is 5.92 Å². The molecule has 0 radical (unpaired) electrons. The summed E-state index contributed by atoms with van der Waals surface area (Å²) in [4.78, 5) is 0. The van der Waals surface area contributed by atoms with Crippen LogP contribution in [0.5, 0.6) is 0 Å². The van der Waals surface area contributed by atoms with E-state index in [2.05, 4.69) is 13.8 Å². The van der Waals surface area contributed by atoms with Gasteiger partial charge in [0.15, 0.2) is 0 Å². The predicted octanol–water partition coefficient (Wildman–Crippen LogP) is 5.47. The Morgan fingerprint density at radius 1 is 0.667 bits per heavy atom. The third-order valence-corrected chi connectivity index (χ3v) is 4.59. The summed E-state index contributed by atoms with van der Waals surface area (Å²) in [5.74, 6) is 0.872. The molecule has 0 spiro atoms. The van der Waals surface area contributed by atoms with Crippen molar-refractivity contribution in [2.75, 3.05) is 19.8 Å². The quantitative estimate of drug-likeness (QED) is 0.305. The van der Waals surface area contributed by atoms with Crippen LogP contribution in [-0.2, 0) is 4.74 Å². The van der Waals surface area contributed by atoms with Crippen molar-refractivity contribution in [3.8, 4) is 0 Å². The number of aliphatic hydroxyl groups is 2. The molecule has 0 aromatic heterocycles. The summed E-state index contributed by atoms with van der Waals surface area (Å²) in [6.45, 7) is 5.39. The van der Waals surface area contributed by atoms with E-state index in [9.17, 15) is 0 Å². The first kappa shape index (κ1) is 23.9. The van der Waals surface area contributed by atoms with Crippen LogP contribution < -0.4 is 0 Å². The smallest absolute Gasteiger partial charge is 0.100 e. The Balaban J connectivity index is 3.00. The van der Waals surface area contributed by atoms with Crippen LogP contribution in [0.2, 0.25) is 0 Å². The summed E-state index contributed by atoms with van der Waals surface area (Å²) in [6, 6.07) is 0. The Kier molecular flexibility index (Phi) is 19.1. The third-order valence-electron chi connectivity index (χ3n) is 4.59. The van der Waals surface area contributed by atoms with Crippen molar-refractivity contribution < 1.29 is 14.9 Å². The average molecular weight is 345 g/mol. The van der Waals surface area contributed by atoms with Crippen LogP contribution in [0.1, 0.15) is 104 Å². The zero-order chi connectivity index (χ0) is 17.9. The Morgan fingerprint density at radius 2 is 1.08 bits per heavy atom. The van der Waals surface area contributed by atoms with E-state index in [-0.39, 0.29) is 13.2 Å². The summed E-state index contributed by atoms with van der Waals surface area (Å²) in [6.07, 6.45) is 18.3. The van der Waals surface area contributed by atoms with E-state index in [0.29, 0.717) is 6.61 Å². The van der Waals surface area contributed by atoms with Crippen molar-refractivity contribution >= 4 is 0 Å². The minimum absolute atomic E-state index is 0.210. The molecule has 2 N–H and O–H groups in total. The molecule has 3 nitrogen and oxygen atoms in total. The van der Waals surface area contributed by atoms with Crippen molar-refractivity contribution in [2.45, 2.75) is 110 Å². The lowest BCUT2D eigenvalue weighted by Gasteiger charge is -2.08. The van der Waals surface area contributed by atoms with Gasteiger partial charge in [-0.25, -0.2) is 0 Å². The molecule has 0 aliphatic carbocycles. The second-order valence-electron chi connectivity index (χ2n) is 7.69. The molecule has 0 aliphatic heterocycles. The zero-order valence-electron chi connectivity index (χ0n) is 16.5. The Morgan fingerprint density at radius 3 is 1.50 bits per heavy atom. The first-order chi connectivity index (χ1) is 11.7. The van der Waals surface area contributed by atoms with Crippen LogP contribution in [0.25, 0.3) is 0 Å². The highest BCUT2D eigenvalue weighted by Gasteiger charge is 2.00. The van der Waals surface area contributed by atoms with Gasteiger partial charge >= 0.3 is 0 Å². The van der Waals surface area contributed by atoms with Crippen molar-refractivity contribution in [2.24, 2.45) is 5.92 Å². The molecule has 1 atom stereocenters. The van der Waals surface area contributed by atoms with Gasteiger partial charge < -0.3 is 14.9 Å². The van der Waals surface area contributed by atoms with Crippen LogP contribution in [0.3, 0.4) is 0 Å². The fraction of sp³-hybridized carbons (Fsp3) is 1.00. The Hall–Kier alpha value is -0.120. The van der Waals surface area contributed by atoms with Gasteiger partial charge in [0, 0.05) is 6.61 Å². The molecule has 1 unspecified atom stereocenters. The molecule has 0 aliphatic rings. The second kappa shape index (κ2) is 19.2. The zero-order valence-corrected chi connectivity index (χ0v) is 16.5. The predicted molar refractivity (Wildman–Crippen MR) is 103 cm³/mol. The largest absolute Gasteiger partial charge is 0.394 e. The minimum atomic E-state index is -0.718. The molecular weight excluding hydrogens is 300 g/mol. The van der Waals surface area contributed by atoms with Crippen LogP contribution in [0.4, 0.5) is 0 Å². The highest BCUT2D eigenvalue weighted by molar-refractivity contribution is 4.51. The highest BCUT2D eigenvalue weighted by Crippen LogP contribution is 2.14. The van der Waals surface area contributed by atoms with Gasteiger partial charge in [0.2, 0.25) is 0 Å². The van der Waals surface area contributed by atoms with E-state index in [1.807, 2.05) is 0 Å².